The molecule has 0 radical (unpaired) electrons. The molecule has 1 amide bonds. The second kappa shape index (κ2) is 7.01. The van der Waals surface area contributed by atoms with Crippen molar-refractivity contribution in [1.82, 2.24) is 24.7 Å². The molecule has 29 heavy (non-hydrogen) atoms. The summed E-state index contributed by atoms with van der Waals surface area (Å²) in [6.07, 6.45) is 6.43. The molecule has 0 atom stereocenters. The van der Waals surface area contributed by atoms with Gasteiger partial charge >= 0.3 is 0 Å². The molecule has 0 fully saturated rings. The van der Waals surface area contributed by atoms with Crippen LogP contribution in [-0.2, 0) is 0 Å². The molecule has 0 saturated carbocycles. The number of hydrogen-bond donors (Lipinski definition) is 1. The van der Waals surface area contributed by atoms with Gasteiger partial charge in [0.1, 0.15) is 29.8 Å². The maximum atomic E-state index is 12.8. The van der Waals surface area contributed by atoms with Gasteiger partial charge in [-0.25, -0.2) is 15.0 Å². The Balaban J connectivity index is 1.45. The summed E-state index contributed by atoms with van der Waals surface area (Å²) in [5.41, 5.74) is 2.05. The fourth-order valence-corrected chi connectivity index (χ4v) is 3.02. The summed E-state index contributed by atoms with van der Waals surface area (Å²) < 4.78 is 7.23. The Morgan fingerprint density at radius 1 is 1.03 bits per heavy atom. The van der Waals surface area contributed by atoms with E-state index in [-0.39, 0.29) is 5.91 Å². The van der Waals surface area contributed by atoms with Crippen molar-refractivity contribution in [3.8, 4) is 17.1 Å². The number of nitrogens with zero attached hydrogens (tertiary/aromatic N) is 5. The van der Waals surface area contributed by atoms with Crippen LogP contribution in [0.25, 0.3) is 28.0 Å². The lowest BCUT2D eigenvalue weighted by molar-refractivity contribution is 0.102. The van der Waals surface area contributed by atoms with Gasteiger partial charge in [0.15, 0.2) is 5.76 Å². The quantitative estimate of drug-likeness (QED) is 0.509. The van der Waals surface area contributed by atoms with Crippen LogP contribution < -0.4 is 5.32 Å². The predicted molar refractivity (Wildman–Crippen MR) is 107 cm³/mol. The molecule has 0 aliphatic rings. The van der Waals surface area contributed by atoms with Gasteiger partial charge in [-0.3, -0.25) is 9.36 Å². The van der Waals surface area contributed by atoms with E-state index >= 15 is 0 Å². The first kappa shape index (κ1) is 16.8. The van der Waals surface area contributed by atoms with E-state index in [2.05, 4.69) is 25.4 Å². The Kier molecular flexibility index (Phi) is 4.06. The molecular weight excluding hydrogens is 368 g/mol. The van der Waals surface area contributed by atoms with Crippen LogP contribution in [0.15, 0.2) is 84.2 Å². The fourth-order valence-electron chi connectivity index (χ4n) is 3.02. The highest BCUT2D eigenvalue weighted by atomic mass is 16.5. The van der Waals surface area contributed by atoms with Gasteiger partial charge in [-0.05, 0) is 18.2 Å². The number of carbonyl (C=O) groups is 1. The van der Waals surface area contributed by atoms with E-state index in [1.807, 2.05) is 30.3 Å². The minimum absolute atomic E-state index is 0.289. The summed E-state index contributed by atoms with van der Waals surface area (Å²) >= 11 is 0. The second-order valence-corrected chi connectivity index (χ2v) is 6.30. The van der Waals surface area contributed by atoms with Gasteiger partial charge in [-0.2, -0.15) is 0 Å². The number of fused-ring (bicyclic) bond motifs is 1. The molecular formula is C21H14N6O2. The van der Waals surface area contributed by atoms with Crippen molar-refractivity contribution in [1.29, 1.82) is 0 Å². The highest BCUT2D eigenvalue weighted by Crippen LogP contribution is 2.29. The number of anilines is 1. The molecule has 0 unspecified atom stereocenters. The number of benzene rings is 2. The number of amides is 1. The van der Waals surface area contributed by atoms with Gasteiger partial charge < -0.3 is 9.84 Å². The molecule has 0 bridgehead atoms. The number of hydrogen-bond acceptors (Lipinski definition) is 6. The number of imidazole rings is 1. The van der Waals surface area contributed by atoms with Crippen LogP contribution in [0.1, 0.15) is 10.4 Å². The van der Waals surface area contributed by atoms with Crippen LogP contribution in [0.3, 0.4) is 0 Å². The highest BCUT2D eigenvalue weighted by molar-refractivity contribution is 6.07. The first-order chi connectivity index (χ1) is 14.3. The number of carbonyl (C=O) groups excluding carboxylic acids is 1. The standard InChI is InChI=1S/C21H14N6O2/c28-21(25-18-11-19(24-12-23-18)27-9-8-22-13-27)15-6-7-17-16(10-15)20(29-26-17)14-4-2-1-3-5-14/h1-13H,(H,23,24,25,28). The van der Waals surface area contributed by atoms with Crippen LogP contribution in [0.4, 0.5) is 5.82 Å². The molecule has 0 spiro atoms. The van der Waals surface area contributed by atoms with Gasteiger partial charge in [-0.15, -0.1) is 0 Å². The third-order valence-corrected chi connectivity index (χ3v) is 4.44. The van der Waals surface area contributed by atoms with Crippen molar-refractivity contribution in [3.63, 3.8) is 0 Å². The monoisotopic (exact) mass is 382 g/mol. The maximum absolute atomic E-state index is 12.8. The summed E-state index contributed by atoms with van der Waals surface area (Å²) in [5, 5.41) is 7.65. The number of aromatic nitrogens is 5. The molecule has 8 nitrogen and oxygen atoms in total. The van der Waals surface area contributed by atoms with Gasteiger partial charge in [0, 0.05) is 29.6 Å². The molecule has 3 aromatic heterocycles. The zero-order valence-electron chi connectivity index (χ0n) is 15.1. The van der Waals surface area contributed by atoms with E-state index in [1.54, 1.807) is 47.6 Å². The molecule has 0 saturated heterocycles. The smallest absolute Gasteiger partial charge is 0.256 e. The van der Waals surface area contributed by atoms with E-state index in [0.29, 0.717) is 28.5 Å². The number of rotatable bonds is 4. The van der Waals surface area contributed by atoms with Gasteiger partial charge in [-0.1, -0.05) is 35.5 Å². The fraction of sp³-hybridized carbons (Fsp3) is 0. The van der Waals surface area contributed by atoms with Gasteiger partial charge in [0.25, 0.3) is 5.91 Å². The van der Waals surface area contributed by atoms with E-state index in [9.17, 15) is 4.79 Å². The molecule has 140 valence electrons. The van der Waals surface area contributed by atoms with Crippen molar-refractivity contribution in [2.24, 2.45) is 0 Å². The minimum Gasteiger partial charge on any atom is -0.355 e. The molecule has 5 rings (SSSR count). The Morgan fingerprint density at radius 2 is 1.93 bits per heavy atom. The average molecular weight is 382 g/mol. The van der Waals surface area contributed by atoms with Gasteiger partial charge in [0.2, 0.25) is 0 Å². The average Bonchev–Trinajstić information content (AvgIpc) is 3.44. The Labute approximate surface area is 164 Å². The number of nitrogens with one attached hydrogen (secondary N) is 1. The van der Waals surface area contributed by atoms with Crippen LogP contribution in [0.5, 0.6) is 0 Å². The lowest BCUT2D eigenvalue weighted by atomic mass is 10.1. The van der Waals surface area contributed by atoms with E-state index < -0.39 is 0 Å². The Hall–Kier alpha value is -4.33. The maximum Gasteiger partial charge on any atom is 0.256 e. The SMILES string of the molecule is O=C(Nc1cc(-n2ccnc2)ncn1)c1ccc2noc(-c3ccccc3)c2c1. The van der Waals surface area contributed by atoms with E-state index in [0.717, 1.165) is 10.9 Å². The Bertz CT molecular complexity index is 1300. The first-order valence-corrected chi connectivity index (χ1v) is 8.84. The molecule has 5 aromatic rings. The highest BCUT2D eigenvalue weighted by Gasteiger charge is 2.14. The summed E-state index contributed by atoms with van der Waals surface area (Å²) in [7, 11) is 0. The van der Waals surface area contributed by atoms with Crippen LogP contribution in [0.2, 0.25) is 0 Å². The summed E-state index contributed by atoms with van der Waals surface area (Å²) in [6, 6.07) is 16.6. The predicted octanol–water partition coefficient (Wildman–Crippen LogP) is 3.72. The normalized spacial score (nSPS) is 10.9. The molecule has 0 aliphatic heterocycles. The summed E-state index contributed by atoms with van der Waals surface area (Å²) in [4.78, 5) is 25.1. The third-order valence-electron chi connectivity index (χ3n) is 4.44. The molecule has 2 aromatic carbocycles. The molecule has 3 heterocycles. The van der Waals surface area contributed by atoms with Crippen LogP contribution in [0, 0.1) is 0 Å². The zero-order chi connectivity index (χ0) is 19.6. The largest absolute Gasteiger partial charge is 0.355 e. The topological polar surface area (TPSA) is 98.7 Å². The lowest BCUT2D eigenvalue weighted by Crippen LogP contribution is -2.13. The third kappa shape index (κ3) is 3.23. The second-order valence-electron chi connectivity index (χ2n) is 6.30. The van der Waals surface area contributed by atoms with E-state index in [1.165, 1.54) is 6.33 Å². The Morgan fingerprint density at radius 3 is 2.76 bits per heavy atom. The van der Waals surface area contributed by atoms with Crippen molar-refractivity contribution < 1.29 is 9.32 Å². The molecule has 8 heteroatoms. The zero-order valence-corrected chi connectivity index (χ0v) is 15.1. The summed E-state index contributed by atoms with van der Waals surface area (Å²) in [6.45, 7) is 0. The summed E-state index contributed by atoms with van der Waals surface area (Å²) in [5.74, 6) is 1.33. The lowest BCUT2D eigenvalue weighted by Gasteiger charge is -2.06. The molecule has 0 aliphatic carbocycles. The van der Waals surface area contributed by atoms with Crippen molar-refractivity contribution in [2.75, 3.05) is 5.32 Å². The van der Waals surface area contributed by atoms with E-state index in [4.69, 9.17) is 4.52 Å². The van der Waals surface area contributed by atoms with Crippen LogP contribution >= 0.6 is 0 Å². The minimum atomic E-state index is -0.289. The van der Waals surface area contributed by atoms with Crippen molar-refractivity contribution >= 4 is 22.6 Å². The van der Waals surface area contributed by atoms with Crippen molar-refractivity contribution in [3.05, 3.63) is 85.2 Å². The first-order valence-electron chi connectivity index (χ1n) is 8.84. The molecule has 1 N–H and O–H groups in total. The van der Waals surface area contributed by atoms with Gasteiger partial charge in [0.05, 0.1) is 5.39 Å². The van der Waals surface area contributed by atoms with Crippen LogP contribution in [-0.4, -0.2) is 30.6 Å². The van der Waals surface area contributed by atoms with Crippen molar-refractivity contribution in [2.45, 2.75) is 0 Å².